The average molecular weight is 381 g/mol. The lowest BCUT2D eigenvalue weighted by Crippen LogP contribution is -2.23. The SMILES string of the molecule is C=C(/C=C/c1cccc(C(=C)N/N=C/[C@H](C)C(C)C(C)[C@@H](C)CC)c1)CCC. The van der Waals surface area contributed by atoms with Gasteiger partial charge in [-0.05, 0) is 47.3 Å². The summed E-state index contributed by atoms with van der Waals surface area (Å²) in [6.45, 7) is 21.9. The molecule has 154 valence electrons. The van der Waals surface area contributed by atoms with Gasteiger partial charge in [-0.25, -0.2) is 0 Å². The van der Waals surface area contributed by atoms with Gasteiger partial charge in [-0.15, -0.1) is 0 Å². The zero-order valence-electron chi connectivity index (χ0n) is 18.8. The summed E-state index contributed by atoms with van der Waals surface area (Å²) in [7, 11) is 0. The van der Waals surface area contributed by atoms with Gasteiger partial charge in [0.05, 0.1) is 5.70 Å². The maximum Gasteiger partial charge on any atom is 0.0562 e. The van der Waals surface area contributed by atoms with E-state index in [1.165, 1.54) is 6.42 Å². The molecule has 0 spiro atoms. The number of hydrogen-bond acceptors (Lipinski definition) is 2. The van der Waals surface area contributed by atoms with Gasteiger partial charge in [0.2, 0.25) is 0 Å². The molecule has 0 radical (unpaired) electrons. The molecule has 2 nitrogen and oxygen atoms in total. The largest absolute Gasteiger partial charge is 0.279 e. The number of hydrogen-bond donors (Lipinski definition) is 1. The summed E-state index contributed by atoms with van der Waals surface area (Å²) in [6.07, 6.45) is 9.60. The number of allylic oxidation sites excluding steroid dienone is 2. The van der Waals surface area contributed by atoms with Gasteiger partial charge >= 0.3 is 0 Å². The van der Waals surface area contributed by atoms with E-state index in [0.29, 0.717) is 17.8 Å². The van der Waals surface area contributed by atoms with Crippen LogP contribution in [0.25, 0.3) is 11.8 Å². The minimum atomic E-state index is 0.420. The van der Waals surface area contributed by atoms with Crippen molar-refractivity contribution in [3.63, 3.8) is 0 Å². The van der Waals surface area contributed by atoms with Crippen molar-refractivity contribution in [2.75, 3.05) is 0 Å². The summed E-state index contributed by atoms with van der Waals surface area (Å²) in [6, 6.07) is 8.32. The summed E-state index contributed by atoms with van der Waals surface area (Å²) in [5.74, 6) is 2.43. The first-order valence-electron chi connectivity index (χ1n) is 10.7. The maximum absolute atomic E-state index is 4.46. The molecule has 0 fully saturated rings. The van der Waals surface area contributed by atoms with E-state index in [2.05, 4.69) is 95.6 Å². The van der Waals surface area contributed by atoms with Crippen LogP contribution in [0.1, 0.15) is 71.9 Å². The molecular formula is C26H40N2. The molecule has 2 heteroatoms. The van der Waals surface area contributed by atoms with Gasteiger partial charge in [0, 0.05) is 6.21 Å². The maximum atomic E-state index is 4.46. The van der Waals surface area contributed by atoms with Crippen LogP contribution in [0.3, 0.4) is 0 Å². The summed E-state index contributed by atoms with van der Waals surface area (Å²) < 4.78 is 0. The first-order valence-corrected chi connectivity index (χ1v) is 10.7. The molecule has 0 saturated heterocycles. The Hall–Kier alpha value is -2.09. The van der Waals surface area contributed by atoms with Crippen molar-refractivity contribution in [3.05, 3.63) is 60.2 Å². The lowest BCUT2D eigenvalue weighted by molar-refractivity contribution is 0.243. The van der Waals surface area contributed by atoms with Crippen LogP contribution >= 0.6 is 0 Å². The molecule has 4 atom stereocenters. The van der Waals surface area contributed by atoms with E-state index < -0.39 is 0 Å². The van der Waals surface area contributed by atoms with Gasteiger partial charge in [0.1, 0.15) is 0 Å². The number of benzene rings is 1. The zero-order valence-corrected chi connectivity index (χ0v) is 18.8. The van der Waals surface area contributed by atoms with Crippen LogP contribution in [-0.4, -0.2) is 6.21 Å². The van der Waals surface area contributed by atoms with Gasteiger partial charge in [0.25, 0.3) is 0 Å². The molecule has 1 rings (SSSR count). The van der Waals surface area contributed by atoms with Gasteiger partial charge in [-0.2, -0.15) is 5.10 Å². The first kappa shape index (κ1) is 23.9. The zero-order chi connectivity index (χ0) is 21.1. The van der Waals surface area contributed by atoms with Crippen molar-refractivity contribution in [2.24, 2.45) is 28.8 Å². The van der Waals surface area contributed by atoms with Gasteiger partial charge in [0.15, 0.2) is 0 Å². The van der Waals surface area contributed by atoms with E-state index in [1.54, 1.807) is 0 Å². The quantitative estimate of drug-likeness (QED) is 0.226. The standard InChI is InChI=1S/C26H40N2/c1-9-12-19(3)15-16-25-13-11-14-26(17-25)24(8)28-27-18-21(5)23(7)22(6)20(4)10-2/h11,13-18,20-23,28H,3,8-10,12H2,1-2,4-7H3/b16-15+,27-18+/t20-,21-,22?,23?/m0/s1. The van der Waals surface area contributed by atoms with Crippen LogP contribution in [0.15, 0.2) is 54.2 Å². The van der Waals surface area contributed by atoms with Crippen molar-refractivity contribution in [1.29, 1.82) is 0 Å². The smallest absolute Gasteiger partial charge is 0.0562 e. The minimum Gasteiger partial charge on any atom is -0.279 e. The number of hydrazone groups is 1. The highest BCUT2D eigenvalue weighted by atomic mass is 15.3. The fraction of sp³-hybridized carbons (Fsp3) is 0.500. The Morgan fingerprint density at radius 1 is 1.11 bits per heavy atom. The molecule has 1 aromatic rings. The molecule has 28 heavy (non-hydrogen) atoms. The third-order valence-electron chi connectivity index (χ3n) is 6.03. The Morgan fingerprint density at radius 2 is 1.82 bits per heavy atom. The predicted octanol–water partition coefficient (Wildman–Crippen LogP) is 7.56. The van der Waals surface area contributed by atoms with Gasteiger partial charge in [-0.1, -0.05) is 103 Å². The predicted molar refractivity (Wildman–Crippen MR) is 127 cm³/mol. The Balaban J connectivity index is 2.67. The number of nitrogens with zero attached hydrogens (tertiary/aromatic N) is 1. The summed E-state index contributed by atoms with van der Waals surface area (Å²) >= 11 is 0. The number of rotatable bonds is 12. The molecule has 0 aliphatic heterocycles. The van der Waals surface area contributed by atoms with Gasteiger partial charge < -0.3 is 0 Å². The Bertz CT molecular complexity index is 683. The molecule has 0 aliphatic rings. The average Bonchev–Trinajstić information content (AvgIpc) is 2.70. The van der Waals surface area contributed by atoms with Crippen LogP contribution in [-0.2, 0) is 0 Å². The summed E-state index contributed by atoms with van der Waals surface area (Å²) in [4.78, 5) is 0. The van der Waals surface area contributed by atoms with Crippen LogP contribution < -0.4 is 5.43 Å². The fourth-order valence-electron chi connectivity index (χ4n) is 3.25. The highest BCUT2D eigenvalue weighted by molar-refractivity contribution is 5.67. The monoisotopic (exact) mass is 380 g/mol. The molecule has 0 bridgehead atoms. The highest BCUT2D eigenvalue weighted by Gasteiger charge is 2.21. The molecule has 0 aliphatic carbocycles. The second kappa shape index (κ2) is 12.4. The fourth-order valence-corrected chi connectivity index (χ4v) is 3.25. The second-order valence-electron chi connectivity index (χ2n) is 8.20. The lowest BCUT2D eigenvalue weighted by Gasteiger charge is -2.28. The van der Waals surface area contributed by atoms with Crippen LogP contribution in [0.5, 0.6) is 0 Å². The highest BCUT2D eigenvalue weighted by Crippen LogP contribution is 2.27. The van der Waals surface area contributed by atoms with E-state index in [0.717, 1.165) is 41.2 Å². The van der Waals surface area contributed by atoms with Crippen molar-refractivity contribution >= 4 is 18.0 Å². The topological polar surface area (TPSA) is 24.4 Å². The molecule has 1 aromatic carbocycles. The molecule has 1 N–H and O–H groups in total. The Morgan fingerprint density at radius 3 is 2.46 bits per heavy atom. The van der Waals surface area contributed by atoms with Crippen molar-refractivity contribution in [2.45, 2.75) is 60.8 Å². The third-order valence-corrected chi connectivity index (χ3v) is 6.03. The van der Waals surface area contributed by atoms with Crippen molar-refractivity contribution in [3.8, 4) is 0 Å². The summed E-state index contributed by atoms with van der Waals surface area (Å²) in [5, 5.41) is 4.46. The van der Waals surface area contributed by atoms with Gasteiger partial charge in [-0.3, -0.25) is 5.43 Å². The molecule has 0 aromatic heterocycles. The van der Waals surface area contributed by atoms with E-state index in [-0.39, 0.29) is 0 Å². The van der Waals surface area contributed by atoms with E-state index >= 15 is 0 Å². The molecule has 0 amide bonds. The van der Waals surface area contributed by atoms with Crippen LogP contribution in [0, 0.1) is 23.7 Å². The van der Waals surface area contributed by atoms with E-state index in [4.69, 9.17) is 0 Å². The third kappa shape index (κ3) is 7.88. The van der Waals surface area contributed by atoms with Crippen molar-refractivity contribution < 1.29 is 0 Å². The summed E-state index contributed by atoms with van der Waals surface area (Å²) in [5.41, 5.74) is 7.28. The van der Waals surface area contributed by atoms with Crippen LogP contribution in [0.2, 0.25) is 0 Å². The molecule has 0 heterocycles. The molecule has 0 saturated carbocycles. The molecule has 2 unspecified atom stereocenters. The molecular weight excluding hydrogens is 340 g/mol. The lowest BCUT2D eigenvalue weighted by atomic mass is 9.78. The Labute approximate surface area is 173 Å². The van der Waals surface area contributed by atoms with Crippen LogP contribution in [0.4, 0.5) is 0 Å². The Kier molecular flexibility index (Phi) is 10.6. The van der Waals surface area contributed by atoms with E-state index in [9.17, 15) is 0 Å². The minimum absolute atomic E-state index is 0.420. The second-order valence-corrected chi connectivity index (χ2v) is 8.20. The van der Waals surface area contributed by atoms with Crippen molar-refractivity contribution in [1.82, 2.24) is 5.43 Å². The van der Waals surface area contributed by atoms with E-state index in [1.807, 2.05) is 12.3 Å². The number of nitrogens with one attached hydrogen (secondary N) is 1. The first-order chi connectivity index (χ1) is 13.3. The normalized spacial score (nSPS) is 16.1.